The quantitative estimate of drug-likeness (QED) is 0.760. The molecule has 0 radical (unpaired) electrons. The smallest absolute Gasteiger partial charge is 0.226 e. The van der Waals surface area contributed by atoms with Crippen molar-refractivity contribution >= 4 is 16.9 Å². The fourth-order valence-corrected chi connectivity index (χ4v) is 2.40. The van der Waals surface area contributed by atoms with Crippen molar-refractivity contribution in [2.45, 2.75) is 19.6 Å². The molecule has 0 saturated carbocycles. The normalized spacial score (nSPS) is 10.8. The molecule has 23 heavy (non-hydrogen) atoms. The zero-order valence-electron chi connectivity index (χ0n) is 12.9. The number of rotatable bonds is 6. The lowest BCUT2D eigenvalue weighted by Gasteiger charge is -2.06. The number of nitrogens with zero attached hydrogens (tertiary/aromatic N) is 1. The Bertz CT molecular complexity index is 793. The molecule has 2 aromatic carbocycles. The van der Waals surface area contributed by atoms with Gasteiger partial charge in [-0.3, -0.25) is 4.79 Å². The molecule has 3 aromatic rings. The maximum absolute atomic E-state index is 12.1. The fraction of sp³-hybridized carbons (Fsp3) is 0.222. The molecular formula is C18H18N2O3. The van der Waals surface area contributed by atoms with Gasteiger partial charge in [-0.1, -0.05) is 41.6 Å². The van der Waals surface area contributed by atoms with E-state index in [1.165, 1.54) is 0 Å². The second-order valence-electron chi connectivity index (χ2n) is 5.33. The maximum atomic E-state index is 12.1. The van der Waals surface area contributed by atoms with E-state index in [0.29, 0.717) is 24.4 Å². The molecule has 1 amide bonds. The lowest BCUT2D eigenvalue weighted by molar-refractivity contribution is -0.120. The van der Waals surface area contributed by atoms with E-state index in [4.69, 9.17) is 9.26 Å². The summed E-state index contributed by atoms with van der Waals surface area (Å²) in [7, 11) is 1.67. The molecule has 0 aliphatic rings. The summed E-state index contributed by atoms with van der Waals surface area (Å²) >= 11 is 0. The molecule has 0 bridgehead atoms. The Morgan fingerprint density at radius 3 is 2.65 bits per heavy atom. The summed E-state index contributed by atoms with van der Waals surface area (Å²) in [5, 5.41) is 7.76. The number of carbonyl (C=O) groups excluding carboxylic acids is 1. The molecule has 0 fully saturated rings. The number of benzene rings is 2. The number of hydrogen-bond acceptors (Lipinski definition) is 4. The summed E-state index contributed by atoms with van der Waals surface area (Å²) in [5.74, 6) is -0.0787. The van der Waals surface area contributed by atoms with Gasteiger partial charge in [0.1, 0.15) is 5.69 Å². The van der Waals surface area contributed by atoms with E-state index in [1.807, 2.05) is 48.5 Å². The van der Waals surface area contributed by atoms with Gasteiger partial charge < -0.3 is 14.6 Å². The minimum atomic E-state index is -0.0787. The van der Waals surface area contributed by atoms with Gasteiger partial charge in [0.25, 0.3) is 0 Å². The first-order valence-electron chi connectivity index (χ1n) is 7.43. The number of amides is 1. The standard InChI is InChI=1S/C18H18N2O3/c1-22-12-14-8-6-13(7-9-14)11-19-18(21)10-16-15-4-2-3-5-17(15)23-20-16/h2-9H,10-12H2,1H3,(H,19,21). The number of hydrogen-bond donors (Lipinski definition) is 1. The number of fused-ring (bicyclic) bond motifs is 1. The number of methoxy groups -OCH3 is 1. The molecule has 1 aromatic heterocycles. The largest absolute Gasteiger partial charge is 0.380 e. The molecule has 5 heteroatoms. The van der Waals surface area contributed by atoms with Crippen LogP contribution in [-0.2, 0) is 29.1 Å². The predicted octanol–water partition coefficient (Wildman–Crippen LogP) is 2.83. The van der Waals surface area contributed by atoms with Gasteiger partial charge in [-0.15, -0.1) is 0 Å². The van der Waals surface area contributed by atoms with Crippen molar-refractivity contribution in [1.82, 2.24) is 10.5 Å². The molecule has 1 heterocycles. The molecule has 0 spiro atoms. The first-order chi connectivity index (χ1) is 11.3. The van der Waals surface area contributed by atoms with Crippen molar-refractivity contribution in [2.24, 2.45) is 0 Å². The van der Waals surface area contributed by atoms with Crippen molar-refractivity contribution in [3.8, 4) is 0 Å². The van der Waals surface area contributed by atoms with Gasteiger partial charge in [0.15, 0.2) is 5.58 Å². The van der Waals surface area contributed by atoms with Crippen LogP contribution in [0.3, 0.4) is 0 Å². The van der Waals surface area contributed by atoms with Gasteiger partial charge >= 0.3 is 0 Å². The van der Waals surface area contributed by atoms with E-state index in [9.17, 15) is 4.79 Å². The first-order valence-corrected chi connectivity index (χ1v) is 7.43. The number of nitrogens with one attached hydrogen (secondary N) is 1. The van der Waals surface area contributed by atoms with Gasteiger partial charge in [0.05, 0.1) is 13.0 Å². The minimum absolute atomic E-state index is 0.0787. The van der Waals surface area contributed by atoms with Gasteiger partial charge in [0.2, 0.25) is 5.91 Å². The van der Waals surface area contributed by atoms with E-state index in [2.05, 4.69) is 10.5 Å². The third-order valence-electron chi connectivity index (χ3n) is 3.60. The Kier molecular flexibility index (Phi) is 4.68. The fourth-order valence-electron chi connectivity index (χ4n) is 2.40. The molecule has 0 saturated heterocycles. The number of ether oxygens (including phenoxy) is 1. The second-order valence-corrected chi connectivity index (χ2v) is 5.33. The molecule has 118 valence electrons. The second kappa shape index (κ2) is 7.07. The summed E-state index contributed by atoms with van der Waals surface area (Å²) in [4.78, 5) is 12.1. The van der Waals surface area contributed by atoms with Crippen LogP contribution >= 0.6 is 0 Å². The molecule has 3 rings (SSSR count). The molecule has 0 unspecified atom stereocenters. The monoisotopic (exact) mass is 310 g/mol. The SMILES string of the molecule is COCc1ccc(CNC(=O)Cc2noc3ccccc23)cc1. The average molecular weight is 310 g/mol. The number of aromatic nitrogens is 1. The predicted molar refractivity (Wildman–Crippen MR) is 86.7 cm³/mol. The van der Waals surface area contributed by atoms with Gasteiger partial charge in [-0.05, 0) is 23.3 Å². The van der Waals surface area contributed by atoms with E-state index in [1.54, 1.807) is 7.11 Å². The van der Waals surface area contributed by atoms with Crippen molar-refractivity contribution in [1.29, 1.82) is 0 Å². The van der Waals surface area contributed by atoms with Crippen LogP contribution in [0.2, 0.25) is 0 Å². The van der Waals surface area contributed by atoms with E-state index in [0.717, 1.165) is 16.5 Å². The molecule has 0 aliphatic heterocycles. The van der Waals surface area contributed by atoms with Crippen LogP contribution in [0.5, 0.6) is 0 Å². The van der Waals surface area contributed by atoms with Crippen molar-refractivity contribution in [3.05, 3.63) is 65.4 Å². The van der Waals surface area contributed by atoms with Crippen LogP contribution in [0.4, 0.5) is 0 Å². The minimum Gasteiger partial charge on any atom is -0.380 e. The highest BCUT2D eigenvalue weighted by molar-refractivity contribution is 5.86. The summed E-state index contributed by atoms with van der Waals surface area (Å²) in [6, 6.07) is 15.5. The van der Waals surface area contributed by atoms with E-state index < -0.39 is 0 Å². The maximum Gasteiger partial charge on any atom is 0.226 e. The summed E-state index contributed by atoms with van der Waals surface area (Å²) in [6.45, 7) is 1.08. The Morgan fingerprint density at radius 1 is 1.13 bits per heavy atom. The highest BCUT2D eigenvalue weighted by Crippen LogP contribution is 2.18. The Morgan fingerprint density at radius 2 is 1.87 bits per heavy atom. The summed E-state index contributed by atoms with van der Waals surface area (Å²) in [6.07, 6.45) is 0.207. The lowest BCUT2D eigenvalue weighted by atomic mass is 10.1. The summed E-state index contributed by atoms with van der Waals surface area (Å²) < 4.78 is 10.3. The van der Waals surface area contributed by atoms with Crippen molar-refractivity contribution in [3.63, 3.8) is 0 Å². The van der Waals surface area contributed by atoms with E-state index >= 15 is 0 Å². The van der Waals surface area contributed by atoms with Crippen LogP contribution in [0.1, 0.15) is 16.8 Å². The van der Waals surface area contributed by atoms with Crippen LogP contribution < -0.4 is 5.32 Å². The molecular weight excluding hydrogens is 292 g/mol. The van der Waals surface area contributed by atoms with Crippen LogP contribution in [0.25, 0.3) is 11.0 Å². The van der Waals surface area contributed by atoms with Crippen molar-refractivity contribution in [2.75, 3.05) is 7.11 Å². The Labute approximate surface area is 134 Å². The van der Waals surface area contributed by atoms with Crippen LogP contribution in [0.15, 0.2) is 53.1 Å². The molecule has 1 N–H and O–H groups in total. The van der Waals surface area contributed by atoms with Gasteiger partial charge in [-0.25, -0.2) is 0 Å². The molecule has 5 nitrogen and oxygen atoms in total. The van der Waals surface area contributed by atoms with Gasteiger partial charge in [0, 0.05) is 19.0 Å². The van der Waals surface area contributed by atoms with E-state index in [-0.39, 0.29) is 12.3 Å². The Hall–Kier alpha value is -2.66. The number of para-hydroxylation sites is 1. The summed E-state index contributed by atoms with van der Waals surface area (Å²) in [5.41, 5.74) is 3.51. The highest BCUT2D eigenvalue weighted by Gasteiger charge is 2.11. The lowest BCUT2D eigenvalue weighted by Crippen LogP contribution is -2.24. The third kappa shape index (κ3) is 3.76. The van der Waals surface area contributed by atoms with Gasteiger partial charge in [-0.2, -0.15) is 0 Å². The Balaban J connectivity index is 1.57. The zero-order chi connectivity index (χ0) is 16.1. The topological polar surface area (TPSA) is 64.4 Å². The molecule has 0 aliphatic carbocycles. The zero-order valence-corrected chi connectivity index (χ0v) is 12.9. The number of carbonyl (C=O) groups is 1. The highest BCUT2D eigenvalue weighted by atomic mass is 16.5. The average Bonchev–Trinajstić information content (AvgIpc) is 2.98. The van der Waals surface area contributed by atoms with Crippen LogP contribution in [-0.4, -0.2) is 18.2 Å². The van der Waals surface area contributed by atoms with Crippen LogP contribution in [0, 0.1) is 0 Å². The van der Waals surface area contributed by atoms with Crippen molar-refractivity contribution < 1.29 is 14.1 Å². The third-order valence-corrected chi connectivity index (χ3v) is 3.60. The first kappa shape index (κ1) is 15.2. The molecule has 0 atom stereocenters.